The topological polar surface area (TPSA) is 54.5 Å². The maximum Gasteiger partial charge on any atom is 0.223 e. The smallest absolute Gasteiger partial charge is 0.223 e. The summed E-state index contributed by atoms with van der Waals surface area (Å²) in [6.45, 7) is 4.41. The molecule has 122 valence electrons. The fourth-order valence-corrected chi connectivity index (χ4v) is 4.55. The Balaban J connectivity index is 2.17. The summed E-state index contributed by atoms with van der Waals surface area (Å²) >= 11 is 5.88. The molecule has 1 aromatic rings. The summed E-state index contributed by atoms with van der Waals surface area (Å²) in [6.07, 6.45) is 0.962. The summed E-state index contributed by atoms with van der Waals surface area (Å²) in [5, 5.41) is 0.646. The van der Waals surface area contributed by atoms with E-state index in [9.17, 15) is 13.2 Å². The van der Waals surface area contributed by atoms with Crippen molar-refractivity contribution in [2.24, 2.45) is 5.92 Å². The Labute approximate surface area is 137 Å². The van der Waals surface area contributed by atoms with Gasteiger partial charge in [0, 0.05) is 24.0 Å². The minimum atomic E-state index is -3.02. The van der Waals surface area contributed by atoms with E-state index >= 15 is 0 Å². The van der Waals surface area contributed by atoms with Gasteiger partial charge in [0.15, 0.2) is 9.84 Å². The van der Waals surface area contributed by atoms with E-state index in [4.69, 9.17) is 11.6 Å². The molecule has 0 saturated carbocycles. The fourth-order valence-electron chi connectivity index (χ4n) is 2.70. The highest BCUT2D eigenvalue weighted by molar-refractivity contribution is 7.91. The van der Waals surface area contributed by atoms with Gasteiger partial charge in [-0.1, -0.05) is 37.6 Å². The molecule has 6 heteroatoms. The molecule has 0 N–H and O–H groups in total. The minimum Gasteiger partial charge on any atom is -0.334 e. The molecule has 1 heterocycles. The van der Waals surface area contributed by atoms with Gasteiger partial charge in [0.25, 0.3) is 0 Å². The van der Waals surface area contributed by atoms with Gasteiger partial charge >= 0.3 is 0 Å². The van der Waals surface area contributed by atoms with Gasteiger partial charge in [0.05, 0.1) is 11.5 Å². The number of hydrogen-bond donors (Lipinski definition) is 0. The zero-order valence-corrected chi connectivity index (χ0v) is 14.5. The maximum atomic E-state index is 12.5. The van der Waals surface area contributed by atoms with Crippen molar-refractivity contribution >= 4 is 27.3 Å². The normalized spacial score (nSPS) is 20.3. The molecule has 1 unspecified atom stereocenters. The third-order valence-electron chi connectivity index (χ3n) is 3.82. The zero-order chi connectivity index (χ0) is 16.3. The first-order chi connectivity index (χ1) is 10.3. The molecule has 1 saturated heterocycles. The Morgan fingerprint density at radius 2 is 1.95 bits per heavy atom. The number of nitrogens with zero attached hydrogens (tertiary/aromatic N) is 1. The van der Waals surface area contributed by atoms with E-state index in [-0.39, 0.29) is 29.4 Å². The maximum absolute atomic E-state index is 12.5. The molecular formula is C16H22ClNO3S. The van der Waals surface area contributed by atoms with E-state index in [1.165, 1.54) is 0 Å². The molecular weight excluding hydrogens is 322 g/mol. The van der Waals surface area contributed by atoms with Crippen molar-refractivity contribution in [2.75, 3.05) is 11.5 Å². The monoisotopic (exact) mass is 343 g/mol. The number of rotatable bonds is 5. The van der Waals surface area contributed by atoms with E-state index in [2.05, 4.69) is 0 Å². The quantitative estimate of drug-likeness (QED) is 0.826. The van der Waals surface area contributed by atoms with Crippen LogP contribution >= 0.6 is 11.6 Å². The Morgan fingerprint density at radius 3 is 2.45 bits per heavy atom. The standard InChI is InChI=1S/C16H22ClNO3S/c1-12(2)9-16(19)18(15-7-8-22(20,21)11-15)10-13-3-5-14(17)6-4-13/h3-6,12,15H,7-11H2,1-2H3. The van der Waals surface area contributed by atoms with Crippen LogP contribution in [0.15, 0.2) is 24.3 Å². The lowest BCUT2D eigenvalue weighted by Gasteiger charge is -2.29. The molecule has 0 aliphatic carbocycles. The second-order valence-electron chi connectivity index (χ2n) is 6.30. The molecule has 2 rings (SSSR count). The Hall–Kier alpha value is -1.07. The van der Waals surface area contributed by atoms with Crippen LogP contribution in [0.25, 0.3) is 0 Å². The summed E-state index contributed by atoms with van der Waals surface area (Å²) in [6, 6.07) is 7.11. The van der Waals surface area contributed by atoms with Crippen molar-refractivity contribution in [3.8, 4) is 0 Å². The van der Waals surface area contributed by atoms with Gasteiger partial charge < -0.3 is 4.90 Å². The van der Waals surface area contributed by atoms with Crippen LogP contribution in [0.1, 0.15) is 32.3 Å². The first-order valence-electron chi connectivity index (χ1n) is 7.51. The first-order valence-corrected chi connectivity index (χ1v) is 9.71. The van der Waals surface area contributed by atoms with Crippen LogP contribution < -0.4 is 0 Å². The van der Waals surface area contributed by atoms with Gasteiger partial charge in [-0.2, -0.15) is 0 Å². The van der Waals surface area contributed by atoms with Crippen LogP contribution in [0.5, 0.6) is 0 Å². The van der Waals surface area contributed by atoms with Gasteiger partial charge in [-0.15, -0.1) is 0 Å². The fraction of sp³-hybridized carbons (Fsp3) is 0.562. The van der Waals surface area contributed by atoms with E-state index in [0.29, 0.717) is 24.4 Å². The van der Waals surface area contributed by atoms with Crippen molar-refractivity contribution in [1.82, 2.24) is 4.90 Å². The average molecular weight is 344 g/mol. The molecule has 0 aromatic heterocycles. The van der Waals surface area contributed by atoms with Crippen molar-refractivity contribution in [3.63, 3.8) is 0 Å². The van der Waals surface area contributed by atoms with E-state index in [1.54, 1.807) is 17.0 Å². The van der Waals surface area contributed by atoms with E-state index < -0.39 is 9.84 Å². The van der Waals surface area contributed by atoms with Crippen LogP contribution in [0.3, 0.4) is 0 Å². The molecule has 22 heavy (non-hydrogen) atoms. The summed E-state index contributed by atoms with van der Waals surface area (Å²) in [4.78, 5) is 14.3. The van der Waals surface area contributed by atoms with Crippen LogP contribution in [0, 0.1) is 5.92 Å². The third-order valence-corrected chi connectivity index (χ3v) is 5.82. The summed E-state index contributed by atoms with van der Waals surface area (Å²) in [7, 11) is -3.02. The number of carbonyl (C=O) groups is 1. The molecule has 1 atom stereocenters. The molecule has 1 fully saturated rings. The Kier molecular flexibility index (Phi) is 5.50. The van der Waals surface area contributed by atoms with Gasteiger partial charge in [-0.3, -0.25) is 4.79 Å². The van der Waals surface area contributed by atoms with Crippen molar-refractivity contribution < 1.29 is 13.2 Å². The van der Waals surface area contributed by atoms with Gasteiger partial charge in [0.2, 0.25) is 5.91 Å². The van der Waals surface area contributed by atoms with Crippen LogP contribution in [-0.2, 0) is 21.2 Å². The number of halogens is 1. The number of hydrogen-bond acceptors (Lipinski definition) is 3. The summed E-state index contributed by atoms with van der Waals surface area (Å²) in [5.74, 6) is 0.513. The number of carbonyl (C=O) groups excluding carboxylic acids is 1. The van der Waals surface area contributed by atoms with Crippen LogP contribution in [0.2, 0.25) is 5.02 Å². The number of sulfone groups is 1. The van der Waals surface area contributed by atoms with Crippen molar-refractivity contribution in [2.45, 2.75) is 39.3 Å². The Morgan fingerprint density at radius 1 is 1.32 bits per heavy atom. The lowest BCUT2D eigenvalue weighted by molar-refractivity contribution is -0.134. The molecule has 1 aliphatic heterocycles. The Bertz CT molecular complexity index is 625. The predicted octanol–water partition coefficient (Wildman–Crippen LogP) is 2.90. The molecule has 1 aliphatic rings. The SMILES string of the molecule is CC(C)CC(=O)N(Cc1ccc(Cl)cc1)C1CCS(=O)(=O)C1. The largest absolute Gasteiger partial charge is 0.334 e. The summed E-state index contributed by atoms with van der Waals surface area (Å²) in [5.41, 5.74) is 0.964. The summed E-state index contributed by atoms with van der Waals surface area (Å²) < 4.78 is 23.5. The molecule has 1 aromatic carbocycles. The zero-order valence-electron chi connectivity index (χ0n) is 13.0. The number of benzene rings is 1. The van der Waals surface area contributed by atoms with Crippen LogP contribution in [0.4, 0.5) is 0 Å². The second kappa shape index (κ2) is 7.01. The van der Waals surface area contributed by atoms with Gasteiger partial charge in [-0.05, 0) is 30.0 Å². The van der Waals surface area contributed by atoms with Crippen molar-refractivity contribution in [3.05, 3.63) is 34.9 Å². The third kappa shape index (κ3) is 4.71. The molecule has 1 amide bonds. The molecule has 0 bridgehead atoms. The molecule has 0 radical (unpaired) electrons. The van der Waals surface area contributed by atoms with Gasteiger partial charge in [0.1, 0.15) is 0 Å². The van der Waals surface area contributed by atoms with E-state index in [1.807, 2.05) is 26.0 Å². The highest BCUT2D eigenvalue weighted by atomic mass is 35.5. The van der Waals surface area contributed by atoms with Crippen LogP contribution in [-0.4, -0.2) is 36.8 Å². The van der Waals surface area contributed by atoms with Gasteiger partial charge in [-0.25, -0.2) is 8.42 Å². The highest BCUT2D eigenvalue weighted by Crippen LogP contribution is 2.22. The lowest BCUT2D eigenvalue weighted by atomic mass is 10.1. The molecule has 4 nitrogen and oxygen atoms in total. The molecule has 0 spiro atoms. The average Bonchev–Trinajstić information content (AvgIpc) is 2.77. The predicted molar refractivity (Wildman–Crippen MR) is 88.5 cm³/mol. The lowest BCUT2D eigenvalue weighted by Crippen LogP contribution is -2.41. The first kappa shape index (κ1) is 17.3. The van der Waals surface area contributed by atoms with Crippen molar-refractivity contribution in [1.29, 1.82) is 0 Å². The second-order valence-corrected chi connectivity index (χ2v) is 8.97. The number of amides is 1. The highest BCUT2D eigenvalue weighted by Gasteiger charge is 2.34. The minimum absolute atomic E-state index is 0.0204. The van der Waals surface area contributed by atoms with E-state index in [0.717, 1.165) is 5.56 Å².